The van der Waals surface area contributed by atoms with Crippen LogP contribution >= 0.6 is 0 Å². The van der Waals surface area contributed by atoms with Crippen molar-refractivity contribution in [2.45, 2.75) is 46.0 Å². The van der Waals surface area contributed by atoms with Crippen molar-refractivity contribution in [3.63, 3.8) is 0 Å². The standard InChI is InChI=1S/C14H22O2/c1-3-4-5-6-7-8-9-10-11-12-13-16-14(2)15/h4-7,12-13H,3,8-11H2,1-2H3/b5-4?,7-6+,13-12+. The van der Waals surface area contributed by atoms with Gasteiger partial charge in [0.05, 0.1) is 6.26 Å². The smallest absolute Gasteiger partial charge is 0.307 e. The minimum absolute atomic E-state index is 0.262. The number of unbranched alkanes of at least 4 members (excludes halogenated alkanes) is 3. The molecule has 0 rings (SSSR count). The third kappa shape index (κ3) is 12.7. The summed E-state index contributed by atoms with van der Waals surface area (Å²) >= 11 is 0. The van der Waals surface area contributed by atoms with Crippen LogP contribution in [0.25, 0.3) is 0 Å². The molecule has 90 valence electrons. The van der Waals surface area contributed by atoms with Crippen LogP contribution in [0.5, 0.6) is 0 Å². The minimum Gasteiger partial charge on any atom is -0.435 e. The maximum Gasteiger partial charge on any atom is 0.307 e. The molecule has 0 aliphatic heterocycles. The summed E-state index contributed by atoms with van der Waals surface area (Å²) < 4.78 is 4.67. The molecule has 0 N–H and O–H groups in total. The van der Waals surface area contributed by atoms with Crippen LogP contribution in [0.3, 0.4) is 0 Å². The summed E-state index contributed by atoms with van der Waals surface area (Å²) in [7, 11) is 0. The summed E-state index contributed by atoms with van der Waals surface area (Å²) in [6.07, 6.45) is 17.3. The zero-order chi connectivity index (χ0) is 12.1. The molecule has 2 heteroatoms. The molecule has 0 aromatic carbocycles. The first kappa shape index (κ1) is 14.7. The minimum atomic E-state index is -0.262. The Hall–Kier alpha value is -1.31. The molecule has 0 aromatic heterocycles. The van der Waals surface area contributed by atoms with Crippen molar-refractivity contribution in [1.29, 1.82) is 0 Å². The van der Waals surface area contributed by atoms with E-state index in [-0.39, 0.29) is 5.97 Å². The Balaban J connectivity index is 3.27. The summed E-state index contributed by atoms with van der Waals surface area (Å²) in [6, 6.07) is 0. The Bertz CT molecular complexity index is 249. The quantitative estimate of drug-likeness (QED) is 0.267. The zero-order valence-corrected chi connectivity index (χ0v) is 10.3. The largest absolute Gasteiger partial charge is 0.435 e. The van der Waals surface area contributed by atoms with Crippen molar-refractivity contribution >= 4 is 5.97 Å². The van der Waals surface area contributed by atoms with Gasteiger partial charge in [0.25, 0.3) is 0 Å². The number of hydrogen-bond acceptors (Lipinski definition) is 2. The van der Waals surface area contributed by atoms with Crippen LogP contribution in [0.15, 0.2) is 36.6 Å². The maximum absolute atomic E-state index is 10.4. The molecule has 0 heterocycles. The van der Waals surface area contributed by atoms with Crippen LogP contribution in [-0.2, 0) is 9.53 Å². The monoisotopic (exact) mass is 222 g/mol. The lowest BCUT2D eigenvalue weighted by Crippen LogP contribution is -1.89. The van der Waals surface area contributed by atoms with Gasteiger partial charge in [-0.1, -0.05) is 31.2 Å². The molecule has 0 radical (unpaired) electrons. The Morgan fingerprint density at radius 3 is 2.31 bits per heavy atom. The topological polar surface area (TPSA) is 26.3 Å². The van der Waals surface area contributed by atoms with Gasteiger partial charge in [-0.25, -0.2) is 0 Å². The molecule has 0 saturated carbocycles. The van der Waals surface area contributed by atoms with E-state index in [0.29, 0.717) is 0 Å². The molecular weight excluding hydrogens is 200 g/mol. The fourth-order valence-corrected chi connectivity index (χ4v) is 1.13. The second kappa shape index (κ2) is 11.8. The first-order valence-electron chi connectivity index (χ1n) is 5.91. The molecule has 0 unspecified atom stereocenters. The molecule has 0 fully saturated rings. The van der Waals surface area contributed by atoms with E-state index in [9.17, 15) is 4.79 Å². The summed E-state index contributed by atoms with van der Waals surface area (Å²) in [5.41, 5.74) is 0. The van der Waals surface area contributed by atoms with Crippen molar-refractivity contribution in [3.05, 3.63) is 36.6 Å². The highest BCUT2D eigenvalue weighted by molar-refractivity contribution is 5.66. The molecule has 0 aliphatic carbocycles. The van der Waals surface area contributed by atoms with Crippen molar-refractivity contribution in [1.82, 2.24) is 0 Å². The normalized spacial score (nSPS) is 11.9. The molecule has 0 spiro atoms. The van der Waals surface area contributed by atoms with Crippen molar-refractivity contribution in [2.24, 2.45) is 0 Å². The molecule has 0 aromatic rings. The fraction of sp³-hybridized carbons (Fsp3) is 0.500. The van der Waals surface area contributed by atoms with E-state index in [2.05, 4.69) is 36.0 Å². The SMILES string of the molecule is CCC=C/C=C/CCCC/C=C/OC(C)=O. The first-order chi connectivity index (χ1) is 7.77. The average Bonchev–Trinajstić information content (AvgIpc) is 2.25. The highest BCUT2D eigenvalue weighted by atomic mass is 16.5. The van der Waals surface area contributed by atoms with Crippen LogP contribution < -0.4 is 0 Å². The summed E-state index contributed by atoms with van der Waals surface area (Å²) in [5.74, 6) is -0.262. The van der Waals surface area contributed by atoms with Gasteiger partial charge in [0.2, 0.25) is 0 Å². The second-order valence-corrected chi connectivity index (χ2v) is 3.53. The van der Waals surface area contributed by atoms with E-state index in [0.717, 1.165) is 25.7 Å². The molecule has 0 bridgehead atoms. The molecule has 0 amide bonds. The predicted octanol–water partition coefficient (Wildman–Crippen LogP) is 4.15. The van der Waals surface area contributed by atoms with Gasteiger partial charge in [0.15, 0.2) is 0 Å². The van der Waals surface area contributed by atoms with Gasteiger partial charge in [-0.15, -0.1) is 0 Å². The Morgan fingerprint density at radius 2 is 1.69 bits per heavy atom. The van der Waals surface area contributed by atoms with Crippen LogP contribution in [0.4, 0.5) is 0 Å². The molecule has 2 nitrogen and oxygen atoms in total. The predicted molar refractivity (Wildman–Crippen MR) is 67.9 cm³/mol. The Kier molecular flexibility index (Phi) is 10.8. The Labute approximate surface area is 98.7 Å². The van der Waals surface area contributed by atoms with Gasteiger partial charge < -0.3 is 4.74 Å². The number of allylic oxidation sites excluding steroid dienone is 5. The second-order valence-electron chi connectivity index (χ2n) is 3.53. The third-order valence-electron chi connectivity index (χ3n) is 1.94. The molecular formula is C14H22O2. The van der Waals surface area contributed by atoms with Crippen LogP contribution in [0.2, 0.25) is 0 Å². The lowest BCUT2D eigenvalue weighted by molar-refractivity contribution is -0.135. The van der Waals surface area contributed by atoms with E-state index < -0.39 is 0 Å². The van der Waals surface area contributed by atoms with E-state index in [1.807, 2.05) is 6.08 Å². The van der Waals surface area contributed by atoms with Gasteiger partial charge in [-0.05, 0) is 38.2 Å². The van der Waals surface area contributed by atoms with Crippen LogP contribution in [0.1, 0.15) is 46.0 Å². The number of carbonyl (C=O) groups is 1. The number of hydrogen-bond donors (Lipinski definition) is 0. The van der Waals surface area contributed by atoms with E-state index in [4.69, 9.17) is 0 Å². The molecule has 16 heavy (non-hydrogen) atoms. The lowest BCUT2D eigenvalue weighted by Gasteiger charge is -1.93. The lowest BCUT2D eigenvalue weighted by atomic mass is 10.2. The number of esters is 1. The highest BCUT2D eigenvalue weighted by Gasteiger charge is 1.86. The summed E-state index contributed by atoms with van der Waals surface area (Å²) in [5, 5.41) is 0. The van der Waals surface area contributed by atoms with Gasteiger partial charge in [-0.2, -0.15) is 0 Å². The van der Waals surface area contributed by atoms with Crippen LogP contribution in [-0.4, -0.2) is 5.97 Å². The molecule has 0 atom stereocenters. The van der Waals surface area contributed by atoms with E-state index in [1.165, 1.54) is 19.6 Å². The highest BCUT2D eigenvalue weighted by Crippen LogP contribution is 2.02. The number of rotatable bonds is 8. The third-order valence-corrected chi connectivity index (χ3v) is 1.94. The average molecular weight is 222 g/mol. The van der Waals surface area contributed by atoms with Gasteiger partial charge in [0, 0.05) is 6.92 Å². The zero-order valence-electron chi connectivity index (χ0n) is 10.3. The van der Waals surface area contributed by atoms with Crippen molar-refractivity contribution < 1.29 is 9.53 Å². The maximum atomic E-state index is 10.4. The van der Waals surface area contributed by atoms with Gasteiger partial charge in [0.1, 0.15) is 0 Å². The van der Waals surface area contributed by atoms with Gasteiger partial charge in [-0.3, -0.25) is 4.79 Å². The van der Waals surface area contributed by atoms with E-state index in [1.54, 1.807) is 0 Å². The van der Waals surface area contributed by atoms with Crippen molar-refractivity contribution in [3.8, 4) is 0 Å². The molecule has 0 aliphatic rings. The molecule has 0 saturated heterocycles. The van der Waals surface area contributed by atoms with E-state index >= 15 is 0 Å². The van der Waals surface area contributed by atoms with Crippen LogP contribution in [0, 0.1) is 0 Å². The first-order valence-corrected chi connectivity index (χ1v) is 5.91. The Morgan fingerprint density at radius 1 is 1.06 bits per heavy atom. The fourth-order valence-electron chi connectivity index (χ4n) is 1.13. The summed E-state index contributed by atoms with van der Waals surface area (Å²) in [4.78, 5) is 10.4. The number of ether oxygens (including phenoxy) is 1. The van der Waals surface area contributed by atoms with Crippen molar-refractivity contribution in [2.75, 3.05) is 0 Å². The summed E-state index contributed by atoms with van der Waals surface area (Å²) in [6.45, 7) is 3.53. The number of carbonyl (C=O) groups excluding carboxylic acids is 1. The van der Waals surface area contributed by atoms with Gasteiger partial charge >= 0.3 is 5.97 Å².